The number of rotatable bonds is 3. The van der Waals surface area contributed by atoms with Crippen molar-refractivity contribution in [2.75, 3.05) is 13.7 Å². The van der Waals surface area contributed by atoms with Gasteiger partial charge in [-0.2, -0.15) is 0 Å². The first kappa shape index (κ1) is 10.8. The van der Waals surface area contributed by atoms with E-state index >= 15 is 0 Å². The molecule has 6 nitrogen and oxygen atoms in total. The van der Waals surface area contributed by atoms with Gasteiger partial charge in [-0.05, 0) is 12.5 Å². The third-order valence-electron chi connectivity index (χ3n) is 1.80. The monoisotopic (exact) mass is 216 g/mol. The number of likely N-dealkylation sites (N-methyl/N-ethyl adjacent to an activating group) is 1. The van der Waals surface area contributed by atoms with Crippen LogP contribution in [0.4, 0.5) is 0 Å². The Balaban J connectivity index is 3.04. The van der Waals surface area contributed by atoms with Gasteiger partial charge in [0.1, 0.15) is 5.03 Å². The summed E-state index contributed by atoms with van der Waals surface area (Å²) in [6, 6.07) is 0. The molecule has 0 radical (unpaired) electrons. The molecular formula is C7H9ClN4O2. The predicted octanol–water partition coefficient (Wildman–Crippen LogP) is 1.58. The largest absolute Gasteiger partial charge is 0.354 e. The van der Waals surface area contributed by atoms with Gasteiger partial charge >= 0.3 is 0 Å². The molecular weight excluding hydrogens is 208 g/mol. The summed E-state index contributed by atoms with van der Waals surface area (Å²) in [6.45, 7) is 2.18. The zero-order chi connectivity index (χ0) is 10.7. The van der Waals surface area contributed by atoms with Crippen LogP contribution < -0.4 is 0 Å². The highest BCUT2D eigenvalue weighted by Crippen LogP contribution is 2.28. The van der Waals surface area contributed by atoms with Gasteiger partial charge in [0.05, 0.1) is 5.70 Å². The molecule has 0 spiro atoms. The lowest BCUT2D eigenvalue weighted by Gasteiger charge is -2.20. The number of ether oxygens (including phenoxy) is 1. The van der Waals surface area contributed by atoms with Crippen molar-refractivity contribution in [2.45, 2.75) is 13.2 Å². The zero-order valence-corrected chi connectivity index (χ0v) is 8.52. The molecule has 1 unspecified atom stereocenters. The van der Waals surface area contributed by atoms with Crippen LogP contribution in [-0.4, -0.2) is 30.7 Å². The lowest BCUT2D eigenvalue weighted by Crippen LogP contribution is -2.33. The average molecular weight is 217 g/mol. The van der Waals surface area contributed by atoms with E-state index in [-0.39, 0.29) is 10.7 Å². The molecule has 0 N–H and O–H groups in total. The van der Waals surface area contributed by atoms with E-state index in [9.17, 15) is 4.79 Å². The highest BCUT2D eigenvalue weighted by atomic mass is 35.5. The van der Waals surface area contributed by atoms with Crippen molar-refractivity contribution in [3.63, 3.8) is 0 Å². The average Bonchev–Trinajstić information content (AvgIpc) is 2.36. The zero-order valence-electron chi connectivity index (χ0n) is 7.77. The minimum Gasteiger partial charge on any atom is -0.354 e. The van der Waals surface area contributed by atoms with E-state index in [1.54, 1.807) is 6.92 Å². The number of halogens is 1. The van der Waals surface area contributed by atoms with E-state index in [1.807, 2.05) is 0 Å². The van der Waals surface area contributed by atoms with Crippen LogP contribution in [0.15, 0.2) is 15.8 Å². The molecule has 1 heterocycles. The molecule has 14 heavy (non-hydrogen) atoms. The fourth-order valence-corrected chi connectivity index (χ4v) is 1.42. The Morgan fingerprint density at radius 2 is 2.43 bits per heavy atom. The minimum absolute atomic E-state index is 0.0799. The van der Waals surface area contributed by atoms with Crippen molar-refractivity contribution in [2.24, 2.45) is 5.11 Å². The van der Waals surface area contributed by atoms with Crippen LogP contribution in [0.5, 0.6) is 0 Å². The number of carbonyl (C=O) groups is 1. The molecule has 0 saturated heterocycles. The highest BCUT2D eigenvalue weighted by molar-refractivity contribution is 6.43. The first-order valence-corrected chi connectivity index (χ1v) is 4.34. The second-order valence-corrected chi connectivity index (χ2v) is 2.99. The number of hydrogen-bond acceptors (Lipinski definition) is 3. The van der Waals surface area contributed by atoms with Crippen molar-refractivity contribution in [3.05, 3.63) is 21.2 Å². The smallest absolute Gasteiger partial charge is 0.267 e. The Hall–Kier alpha value is -1.23. The van der Waals surface area contributed by atoms with Gasteiger partial charge in [0.2, 0.25) is 0 Å². The Morgan fingerprint density at radius 1 is 1.79 bits per heavy atom. The molecule has 7 heteroatoms. The summed E-state index contributed by atoms with van der Waals surface area (Å²) in [4.78, 5) is 15.2. The summed E-state index contributed by atoms with van der Waals surface area (Å²) in [5.41, 5.74) is 8.41. The molecule has 0 bridgehead atoms. The Kier molecular flexibility index (Phi) is 3.35. The van der Waals surface area contributed by atoms with Gasteiger partial charge in [-0.1, -0.05) is 16.7 Å². The molecule has 1 aliphatic heterocycles. The van der Waals surface area contributed by atoms with E-state index in [0.29, 0.717) is 6.61 Å². The van der Waals surface area contributed by atoms with Crippen molar-refractivity contribution in [3.8, 4) is 0 Å². The van der Waals surface area contributed by atoms with Crippen molar-refractivity contribution in [1.29, 1.82) is 0 Å². The first-order valence-electron chi connectivity index (χ1n) is 3.97. The fourth-order valence-electron chi connectivity index (χ4n) is 1.15. The Morgan fingerprint density at radius 3 is 2.93 bits per heavy atom. The van der Waals surface area contributed by atoms with Crippen LogP contribution in [-0.2, 0) is 9.53 Å². The molecule has 0 aromatic heterocycles. The van der Waals surface area contributed by atoms with Gasteiger partial charge in [-0.3, -0.25) is 4.79 Å². The first-order chi connectivity index (χ1) is 6.63. The summed E-state index contributed by atoms with van der Waals surface area (Å²) in [7, 11) is 1.53. The quantitative estimate of drug-likeness (QED) is 0.408. The van der Waals surface area contributed by atoms with Crippen molar-refractivity contribution >= 4 is 17.5 Å². The number of amides is 1. The SMILES string of the molecule is CCOC1C(N=[N+]=[N-])=C(Cl)C(=O)N1C. The van der Waals surface area contributed by atoms with Crippen LogP contribution in [0.2, 0.25) is 0 Å². The lowest BCUT2D eigenvalue weighted by molar-refractivity contribution is -0.131. The summed E-state index contributed by atoms with van der Waals surface area (Å²) in [5, 5.41) is 3.27. The molecule has 1 amide bonds. The highest BCUT2D eigenvalue weighted by Gasteiger charge is 2.35. The molecule has 1 rings (SSSR count). The number of nitrogens with zero attached hydrogens (tertiary/aromatic N) is 4. The van der Waals surface area contributed by atoms with Gasteiger partial charge in [0.15, 0.2) is 6.23 Å². The van der Waals surface area contributed by atoms with Crippen LogP contribution in [0.25, 0.3) is 10.4 Å². The van der Waals surface area contributed by atoms with Gasteiger partial charge in [-0.15, -0.1) is 0 Å². The Labute approximate surface area is 85.7 Å². The number of carbonyl (C=O) groups excluding carboxylic acids is 1. The molecule has 1 aliphatic rings. The maximum absolute atomic E-state index is 11.3. The van der Waals surface area contributed by atoms with Crippen LogP contribution in [0.1, 0.15) is 6.92 Å². The molecule has 0 aromatic carbocycles. The van der Waals surface area contributed by atoms with Gasteiger partial charge in [0, 0.05) is 18.6 Å². The molecule has 0 aromatic rings. The van der Waals surface area contributed by atoms with Crippen LogP contribution in [0.3, 0.4) is 0 Å². The second-order valence-electron chi connectivity index (χ2n) is 2.61. The molecule has 1 atom stereocenters. The summed E-state index contributed by atoms with van der Waals surface area (Å²) >= 11 is 5.68. The van der Waals surface area contributed by atoms with Gasteiger partial charge in [-0.25, -0.2) is 0 Å². The maximum Gasteiger partial charge on any atom is 0.267 e. The minimum atomic E-state index is -0.670. The van der Waals surface area contributed by atoms with E-state index in [4.69, 9.17) is 21.9 Å². The molecule has 0 aliphatic carbocycles. The van der Waals surface area contributed by atoms with E-state index in [1.165, 1.54) is 11.9 Å². The van der Waals surface area contributed by atoms with Gasteiger partial charge < -0.3 is 9.64 Å². The van der Waals surface area contributed by atoms with Crippen molar-refractivity contribution in [1.82, 2.24) is 4.90 Å². The summed E-state index contributed by atoms with van der Waals surface area (Å²) in [5.74, 6) is -0.396. The topological polar surface area (TPSA) is 78.3 Å². The maximum atomic E-state index is 11.3. The van der Waals surface area contributed by atoms with Crippen LogP contribution >= 0.6 is 11.6 Å². The third-order valence-corrected chi connectivity index (χ3v) is 2.15. The predicted molar refractivity (Wildman–Crippen MR) is 50.2 cm³/mol. The second kappa shape index (κ2) is 4.32. The molecule has 0 saturated carbocycles. The van der Waals surface area contributed by atoms with E-state index in [2.05, 4.69) is 10.0 Å². The number of azide groups is 1. The lowest BCUT2D eigenvalue weighted by atomic mass is 10.4. The van der Waals surface area contributed by atoms with E-state index < -0.39 is 12.1 Å². The normalized spacial score (nSPS) is 21.5. The standard InChI is InChI=1S/C7H9ClN4O2/c1-3-14-7-5(10-11-9)4(8)6(13)12(7)2/h7H,3H2,1-2H3. The van der Waals surface area contributed by atoms with Gasteiger partial charge in [0.25, 0.3) is 5.91 Å². The van der Waals surface area contributed by atoms with Crippen molar-refractivity contribution < 1.29 is 9.53 Å². The Bertz CT molecular complexity index is 335. The number of hydrogen-bond donors (Lipinski definition) is 0. The summed E-state index contributed by atoms with van der Waals surface area (Å²) < 4.78 is 5.22. The van der Waals surface area contributed by atoms with Crippen LogP contribution in [0, 0.1) is 0 Å². The third kappa shape index (κ3) is 1.68. The fraction of sp³-hybridized carbons (Fsp3) is 0.571. The van der Waals surface area contributed by atoms with E-state index in [0.717, 1.165) is 0 Å². The summed E-state index contributed by atoms with van der Waals surface area (Å²) in [6.07, 6.45) is -0.670. The molecule has 76 valence electrons. The molecule has 0 fully saturated rings.